The molecule has 0 atom stereocenters. The van der Waals surface area contributed by atoms with Gasteiger partial charge in [0.15, 0.2) is 5.76 Å². The number of aromatic carboxylic acids is 1. The SMILES string of the molecule is O=C(Nc1sc(Cc2ccc(OCc3c(Cl)cccc3Cl)cc2)cc1C(=O)O)c1ccco1. The summed E-state index contributed by atoms with van der Waals surface area (Å²) in [6.45, 7) is 0.240. The van der Waals surface area contributed by atoms with Gasteiger partial charge in [0, 0.05) is 26.9 Å². The van der Waals surface area contributed by atoms with E-state index in [1.54, 1.807) is 30.3 Å². The number of nitrogens with one attached hydrogen (secondary N) is 1. The van der Waals surface area contributed by atoms with E-state index in [0.29, 0.717) is 27.8 Å². The number of anilines is 1. The van der Waals surface area contributed by atoms with Gasteiger partial charge in [0.2, 0.25) is 0 Å². The zero-order valence-electron chi connectivity index (χ0n) is 17.0. The first-order valence-electron chi connectivity index (χ1n) is 9.76. The van der Waals surface area contributed by atoms with Gasteiger partial charge in [0.25, 0.3) is 5.91 Å². The lowest BCUT2D eigenvalue weighted by atomic mass is 10.1. The Bertz CT molecular complexity index is 1260. The molecule has 6 nitrogen and oxygen atoms in total. The molecule has 168 valence electrons. The minimum Gasteiger partial charge on any atom is -0.489 e. The van der Waals surface area contributed by atoms with Crippen LogP contribution in [0.2, 0.25) is 10.0 Å². The molecule has 1 amide bonds. The third kappa shape index (κ3) is 5.57. The van der Waals surface area contributed by atoms with E-state index in [0.717, 1.165) is 10.4 Å². The molecule has 2 N–H and O–H groups in total. The summed E-state index contributed by atoms with van der Waals surface area (Å²) in [7, 11) is 0. The summed E-state index contributed by atoms with van der Waals surface area (Å²) in [5.74, 6) is -0.862. The molecule has 0 saturated carbocycles. The van der Waals surface area contributed by atoms with E-state index in [2.05, 4.69) is 5.32 Å². The van der Waals surface area contributed by atoms with Crippen molar-refractivity contribution in [1.82, 2.24) is 0 Å². The van der Waals surface area contributed by atoms with Gasteiger partial charge >= 0.3 is 5.97 Å². The molecule has 2 aromatic heterocycles. The van der Waals surface area contributed by atoms with Crippen LogP contribution in [0.3, 0.4) is 0 Å². The Labute approximate surface area is 203 Å². The van der Waals surface area contributed by atoms with Crippen LogP contribution in [0.15, 0.2) is 71.3 Å². The number of carbonyl (C=O) groups is 2. The zero-order valence-corrected chi connectivity index (χ0v) is 19.3. The molecule has 0 unspecified atom stereocenters. The summed E-state index contributed by atoms with van der Waals surface area (Å²) in [4.78, 5) is 24.7. The third-order valence-corrected chi connectivity index (χ3v) is 6.49. The largest absolute Gasteiger partial charge is 0.489 e. The van der Waals surface area contributed by atoms with E-state index in [4.69, 9.17) is 32.4 Å². The van der Waals surface area contributed by atoms with Crippen molar-refractivity contribution < 1.29 is 23.8 Å². The van der Waals surface area contributed by atoms with Crippen LogP contribution in [0.25, 0.3) is 0 Å². The number of halogens is 2. The molecular formula is C24H17Cl2NO5S. The minimum atomic E-state index is -1.12. The number of carboxylic acids is 1. The predicted octanol–water partition coefficient (Wildman–Crippen LogP) is 6.77. The second-order valence-corrected chi connectivity index (χ2v) is 8.95. The van der Waals surface area contributed by atoms with E-state index in [1.807, 2.05) is 24.3 Å². The first-order chi connectivity index (χ1) is 15.9. The van der Waals surface area contributed by atoms with Crippen molar-refractivity contribution in [1.29, 1.82) is 0 Å². The molecule has 0 bridgehead atoms. The topological polar surface area (TPSA) is 88.8 Å². The van der Waals surface area contributed by atoms with E-state index >= 15 is 0 Å². The number of hydrogen-bond donors (Lipinski definition) is 2. The van der Waals surface area contributed by atoms with Crippen LogP contribution >= 0.6 is 34.5 Å². The van der Waals surface area contributed by atoms with Gasteiger partial charge in [-0.2, -0.15) is 0 Å². The molecule has 0 spiro atoms. The van der Waals surface area contributed by atoms with Gasteiger partial charge in [-0.3, -0.25) is 4.79 Å². The molecule has 0 fully saturated rings. The number of carbonyl (C=O) groups excluding carboxylic acids is 1. The fraction of sp³-hybridized carbons (Fsp3) is 0.0833. The molecule has 0 radical (unpaired) electrons. The summed E-state index contributed by atoms with van der Waals surface area (Å²) in [5.41, 5.74) is 1.71. The van der Waals surface area contributed by atoms with Crippen molar-refractivity contribution >= 4 is 51.4 Å². The average molecular weight is 502 g/mol. The van der Waals surface area contributed by atoms with E-state index in [1.165, 1.54) is 23.7 Å². The summed E-state index contributed by atoms with van der Waals surface area (Å²) in [6, 6.07) is 17.4. The highest BCUT2D eigenvalue weighted by molar-refractivity contribution is 7.16. The zero-order chi connectivity index (χ0) is 23.4. The Morgan fingerprint density at radius 2 is 1.76 bits per heavy atom. The number of rotatable bonds is 8. The molecule has 9 heteroatoms. The maximum atomic E-state index is 12.2. The van der Waals surface area contributed by atoms with Crippen molar-refractivity contribution in [2.75, 3.05) is 5.32 Å². The maximum absolute atomic E-state index is 12.2. The Morgan fingerprint density at radius 1 is 1.03 bits per heavy atom. The Morgan fingerprint density at radius 3 is 2.39 bits per heavy atom. The van der Waals surface area contributed by atoms with Crippen molar-refractivity contribution in [2.45, 2.75) is 13.0 Å². The number of ether oxygens (including phenoxy) is 1. The van der Waals surface area contributed by atoms with E-state index in [9.17, 15) is 14.7 Å². The van der Waals surface area contributed by atoms with Crippen LogP contribution in [-0.2, 0) is 13.0 Å². The van der Waals surface area contributed by atoms with Crippen LogP contribution in [0.1, 0.15) is 36.9 Å². The number of thiophene rings is 1. The van der Waals surface area contributed by atoms with Crippen molar-refractivity contribution in [3.05, 3.63) is 104 Å². The molecule has 0 aliphatic carbocycles. The van der Waals surface area contributed by atoms with Gasteiger partial charge in [-0.25, -0.2) is 4.79 Å². The van der Waals surface area contributed by atoms with Crippen molar-refractivity contribution in [3.8, 4) is 5.75 Å². The summed E-state index contributed by atoms with van der Waals surface area (Å²) in [5, 5.41) is 13.5. The first-order valence-corrected chi connectivity index (χ1v) is 11.3. The number of furan rings is 1. The molecule has 4 rings (SSSR count). The van der Waals surface area contributed by atoms with Crippen LogP contribution < -0.4 is 10.1 Å². The van der Waals surface area contributed by atoms with E-state index < -0.39 is 11.9 Å². The molecule has 0 aliphatic heterocycles. The molecule has 2 heterocycles. The van der Waals surface area contributed by atoms with Crippen LogP contribution in [0, 0.1) is 0 Å². The van der Waals surface area contributed by atoms with Gasteiger partial charge in [0.1, 0.15) is 17.4 Å². The van der Waals surface area contributed by atoms with Gasteiger partial charge < -0.3 is 19.6 Å². The second-order valence-electron chi connectivity index (χ2n) is 7.00. The molecule has 0 saturated heterocycles. The lowest BCUT2D eigenvalue weighted by Crippen LogP contribution is -2.12. The fourth-order valence-corrected chi connectivity index (χ4v) is 4.67. The molecular weight excluding hydrogens is 485 g/mol. The van der Waals surface area contributed by atoms with Crippen molar-refractivity contribution in [2.24, 2.45) is 0 Å². The smallest absolute Gasteiger partial charge is 0.338 e. The normalized spacial score (nSPS) is 10.7. The lowest BCUT2D eigenvalue weighted by molar-refractivity contribution is 0.0698. The van der Waals surface area contributed by atoms with Crippen molar-refractivity contribution in [3.63, 3.8) is 0 Å². The Balaban J connectivity index is 1.43. The first kappa shape index (κ1) is 22.9. The van der Waals surface area contributed by atoms with Gasteiger partial charge in [-0.1, -0.05) is 41.4 Å². The van der Waals surface area contributed by atoms with Crippen LogP contribution in [0.5, 0.6) is 5.75 Å². The number of carboxylic acid groups (broad SMARTS) is 1. The highest BCUT2D eigenvalue weighted by Gasteiger charge is 2.19. The van der Waals surface area contributed by atoms with Gasteiger partial charge in [-0.05, 0) is 48.0 Å². The van der Waals surface area contributed by atoms with E-state index in [-0.39, 0.29) is 22.9 Å². The van der Waals surface area contributed by atoms with Gasteiger partial charge in [0.05, 0.1) is 11.8 Å². The maximum Gasteiger partial charge on any atom is 0.338 e. The average Bonchev–Trinajstić information content (AvgIpc) is 3.45. The highest BCUT2D eigenvalue weighted by Crippen LogP contribution is 2.31. The highest BCUT2D eigenvalue weighted by atomic mass is 35.5. The monoisotopic (exact) mass is 501 g/mol. The van der Waals surface area contributed by atoms with Crippen LogP contribution in [-0.4, -0.2) is 17.0 Å². The molecule has 0 aliphatic rings. The minimum absolute atomic E-state index is 0.0338. The summed E-state index contributed by atoms with van der Waals surface area (Å²) >= 11 is 13.6. The second kappa shape index (κ2) is 10.1. The van der Waals surface area contributed by atoms with Crippen LogP contribution in [0.4, 0.5) is 5.00 Å². The predicted molar refractivity (Wildman–Crippen MR) is 128 cm³/mol. The standard InChI is InChI=1S/C24H17Cl2NO5S/c25-19-3-1-4-20(26)18(19)13-32-15-8-6-14(7-9-15)11-16-12-17(24(29)30)23(33-16)27-22(28)21-5-2-10-31-21/h1-10,12H,11,13H2,(H,27,28)(H,29,30). The Kier molecular flexibility index (Phi) is 7.03. The Hall–Kier alpha value is -3.26. The third-order valence-electron chi connectivity index (χ3n) is 4.73. The van der Waals surface area contributed by atoms with Gasteiger partial charge in [-0.15, -0.1) is 11.3 Å². The number of benzene rings is 2. The number of amides is 1. The quantitative estimate of drug-likeness (QED) is 0.278. The summed E-state index contributed by atoms with van der Waals surface area (Å²) in [6.07, 6.45) is 1.88. The summed E-state index contributed by atoms with van der Waals surface area (Å²) < 4.78 is 10.9. The molecule has 2 aromatic carbocycles. The molecule has 33 heavy (non-hydrogen) atoms. The molecule has 4 aromatic rings. The number of hydrogen-bond acceptors (Lipinski definition) is 5. The lowest BCUT2D eigenvalue weighted by Gasteiger charge is -2.10. The fourth-order valence-electron chi connectivity index (χ4n) is 3.08.